The first-order chi connectivity index (χ1) is 11.0. The molecule has 0 saturated heterocycles. The Labute approximate surface area is 142 Å². The molecule has 0 radical (unpaired) electrons. The molecule has 1 atom stereocenters. The van der Waals surface area contributed by atoms with E-state index in [1.165, 1.54) is 23.4 Å². The van der Waals surface area contributed by atoms with Crippen LogP contribution in [0.15, 0.2) is 53.4 Å². The lowest BCUT2D eigenvalue weighted by atomic mass is 10.2. The van der Waals surface area contributed by atoms with Crippen molar-refractivity contribution in [2.24, 2.45) is 0 Å². The molecule has 0 fully saturated rings. The number of rotatable bonds is 5. The van der Waals surface area contributed by atoms with Crippen molar-refractivity contribution in [1.82, 2.24) is 4.72 Å². The van der Waals surface area contributed by atoms with Crippen molar-refractivity contribution >= 4 is 27.3 Å². The minimum absolute atomic E-state index is 0.0840. The van der Waals surface area contributed by atoms with Gasteiger partial charge in [-0.05, 0) is 49.2 Å². The number of para-hydroxylation sites is 1. The molecule has 6 heteroatoms. The summed E-state index contributed by atoms with van der Waals surface area (Å²) >= 11 is 5.80. The van der Waals surface area contributed by atoms with Gasteiger partial charge in [0.2, 0.25) is 10.0 Å². The molecule has 2 aromatic carbocycles. The Morgan fingerprint density at radius 3 is 2.61 bits per heavy atom. The maximum absolute atomic E-state index is 12.3. The third kappa shape index (κ3) is 3.52. The lowest BCUT2D eigenvalue weighted by molar-refractivity contribution is 0.566. The molecule has 3 rings (SSSR count). The second kappa shape index (κ2) is 6.51. The van der Waals surface area contributed by atoms with Crippen LogP contribution in [0, 0.1) is 0 Å². The standard InChI is InChI=1S/C17H19ClN2O2S/c1-13(20-11-10-14-4-2-3-5-17(14)20)12-19-23(21,22)16-8-6-15(18)7-9-16/h2-9,13,19H,10-12H2,1H3. The van der Waals surface area contributed by atoms with Gasteiger partial charge in [-0.25, -0.2) is 13.1 Å². The molecule has 1 heterocycles. The summed E-state index contributed by atoms with van der Waals surface area (Å²) in [5.41, 5.74) is 2.52. The van der Waals surface area contributed by atoms with Crippen molar-refractivity contribution in [3.63, 3.8) is 0 Å². The van der Waals surface area contributed by atoms with Crippen molar-refractivity contribution in [1.29, 1.82) is 0 Å². The number of hydrogen-bond acceptors (Lipinski definition) is 3. The van der Waals surface area contributed by atoms with Crippen LogP contribution in [0.5, 0.6) is 0 Å². The lowest BCUT2D eigenvalue weighted by Gasteiger charge is -2.27. The first-order valence-electron chi connectivity index (χ1n) is 7.57. The van der Waals surface area contributed by atoms with Crippen LogP contribution in [0.3, 0.4) is 0 Å². The van der Waals surface area contributed by atoms with E-state index in [0.29, 0.717) is 11.6 Å². The fraction of sp³-hybridized carbons (Fsp3) is 0.294. The van der Waals surface area contributed by atoms with Crippen molar-refractivity contribution < 1.29 is 8.42 Å². The zero-order valence-electron chi connectivity index (χ0n) is 12.9. The van der Waals surface area contributed by atoms with E-state index in [9.17, 15) is 8.42 Å². The predicted molar refractivity (Wildman–Crippen MR) is 93.6 cm³/mol. The van der Waals surface area contributed by atoms with E-state index in [0.717, 1.165) is 13.0 Å². The van der Waals surface area contributed by atoms with Gasteiger partial charge in [0.05, 0.1) is 4.90 Å². The molecule has 1 unspecified atom stereocenters. The van der Waals surface area contributed by atoms with Gasteiger partial charge in [0.25, 0.3) is 0 Å². The Morgan fingerprint density at radius 2 is 1.87 bits per heavy atom. The Hall–Kier alpha value is -1.56. The summed E-state index contributed by atoms with van der Waals surface area (Å²) in [6.45, 7) is 3.31. The van der Waals surface area contributed by atoms with E-state index >= 15 is 0 Å². The monoisotopic (exact) mass is 350 g/mol. The third-order valence-corrected chi connectivity index (χ3v) is 5.84. The highest BCUT2D eigenvalue weighted by Gasteiger charge is 2.24. The highest BCUT2D eigenvalue weighted by atomic mass is 35.5. The van der Waals surface area contributed by atoms with Crippen LogP contribution in [0.4, 0.5) is 5.69 Å². The Balaban J connectivity index is 1.67. The smallest absolute Gasteiger partial charge is 0.240 e. The van der Waals surface area contributed by atoms with Crippen LogP contribution < -0.4 is 9.62 Å². The molecular weight excluding hydrogens is 332 g/mol. The highest BCUT2D eigenvalue weighted by Crippen LogP contribution is 2.29. The van der Waals surface area contributed by atoms with E-state index in [1.54, 1.807) is 12.1 Å². The summed E-state index contributed by atoms with van der Waals surface area (Å²) in [7, 11) is -3.51. The minimum Gasteiger partial charge on any atom is -0.367 e. The van der Waals surface area contributed by atoms with Gasteiger partial charge in [-0.2, -0.15) is 0 Å². The Morgan fingerprint density at radius 1 is 1.17 bits per heavy atom. The average Bonchev–Trinajstić information content (AvgIpc) is 2.97. The van der Waals surface area contributed by atoms with E-state index in [4.69, 9.17) is 11.6 Å². The van der Waals surface area contributed by atoms with Crippen molar-refractivity contribution in [3.8, 4) is 0 Å². The second-order valence-electron chi connectivity index (χ2n) is 5.73. The minimum atomic E-state index is -3.51. The number of halogens is 1. The van der Waals surface area contributed by atoms with Gasteiger partial charge < -0.3 is 4.90 Å². The lowest BCUT2D eigenvalue weighted by Crippen LogP contribution is -2.41. The molecule has 1 aliphatic rings. The largest absolute Gasteiger partial charge is 0.367 e. The molecule has 0 amide bonds. The number of sulfonamides is 1. The molecule has 1 N–H and O–H groups in total. The molecule has 0 saturated carbocycles. The topological polar surface area (TPSA) is 49.4 Å². The number of anilines is 1. The summed E-state index contributed by atoms with van der Waals surface area (Å²) in [6.07, 6.45) is 1.00. The van der Waals surface area contributed by atoms with Crippen molar-refractivity contribution in [3.05, 3.63) is 59.1 Å². The zero-order chi connectivity index (χ0) is 16.4. The van der Waals surface area contributed by atoms with Crippen LogP contribution in [0.2, 0.25) is 5.02 Å². The molecule has 4 nitrogen and oxygen atoms in total. The van der Waals surface area contributed by atoms with Gasteiger partial charge in [-0.1, -0.05) is 29.8 Å². The van der Waals surface area contributed by atoms with E-state index < -0.39 is 10.0 Å². The van der Waals surface area contributed by atoms with E-state index in [1.807, 2.05) is 19.1 Å². The Bertz CT molecular complexity index is 790. The van der Waals surface area contributed by atoms with Gasteiger partial charge in [0.15, 0.2) is 0 Å². The molecule has 2 aromatic rings. The number of nitrogens with zero attached hydrogens (tertiary/aromatic N) is 1. The first kappa shape index (κ1) is 16.3. The van der Waals surface area contributed by atoms with Crippen LogP contribution in [-0.4, -0.2) is 27.5 Å². The summed E-state index contributed by atoms with van der Waals surface area (Å²) in [5, 5.41) is 0.519. The quantitative estimate of drug-likeness (QED) is 0.901. The number of fused-ring (bicyclic) bond motifs is 1. The highest BCUT2D eigenvalue weighted by molar-refractivity contribution is 7.89. The summed E-state index contributed by atoms with van der Waals surface area (Å²) in [6, 6.07) is 14.5. The maximum atomic E-state index is 12.3. The second-order valence-corrected chi connectivity index (χ2v) is 7.93. The van der Waals surface area contributed by atoms with Gasteiger partial charge in [-0.15, -0.1) is 0 Å². The van der Waals surface area contributed by atoms with Gasteiger partial charge in [-0.3, -0.25) is 0 Å². The van der Waals surface area contributed by atoms with Gasteiger partial charge in [0, 0.05) is 29.8 Å². The summed E-state index contributed by atoms with van der Waals surface area (Å²) in [5.74, 6) is 0. The first-order valence-corrected chi connectivity index (χ1v) is 9.43. The molecular formula is C17H19ClN2O2S. The number of nitrogens with one attached hydrogen (secondary N) is 1. The number of hydrogen-bond donors (Lipinski definition) is 1. The predicted octanol–water partition coefficient (Wildman–Crippen LogP) is 3.07. The molecule has 23 heavy (non-hydrogen) atoms. The summed E-state index contributed by atoms with van der Waals surface area (Å²) in [4.78, 5) is 2.48. The SMILES string of the molecule is CC(CNS(=O)(=O)c1ccc(Cl)cc1)N1CCc2ccccc21. The molecule has 122 valence electrons. The van der Waals surface area contributed by atoms with Crippen molar-refractivity contribution in [2.45, 2.75) is 24.3 Å². The average molecular weight is 351 g/mol. The van der Waals surface area contributed by atoms with Crippen LogP contribution in [0.25, 0.3) is 0 Å². The molecule has 1 aliphatic heterocycles. The van der Waals surface area contributed by atoms with E-state index in [2.05, 4.69) is 21.8 Å². The normalized spacial score (nSPS) is 15.5. The third-order valence-electron chi connectivity index (χ3n) is 4.15. The fourth-order valence-corrected chi connectivity index (χ4v) is 4.11. The maximum Gasteiger partial charge on any atom is 0.240 e. The van der Waals surface area contributed by atoms with Crippen LogP contribution >= 0.6 is 11.6 Å². The number of benzene rings is 2. The Kier molecular flexibility index (Phi) is 4.62. The van der Waals surface area contributed by atoms with Crippen LogP contribution in [0.1, 0.15) is 12.5 Å². The molecule has 0 aromatic heterocycles. The fourth-order valence-electron chi connectivity index (χ4n) is 2.86. The van der Waals surface area contributed by atoms with Gasteiger partial charge in [0.1, 0.15) is 0 Å². The van der Waals surface area contributed by atoms with Gasteiger partial charge >= 0.3 is 0 Å². The summed E-state index contributed by atoms with van der Waals surface area (Å²) < 4.78 is 27.4. The van der Waals surface area contributed by atoms with Crippen molar-refractivity contribution in [2.75, 3.05) is 18.0 Å². The molecule has 0 spiro atoms. The molecule has 0 bridgehead atoms. The zero-order valence-corrected chi connectivity index (χ0v) is 14.4. The van der Waals surface area contributed by atoms with Crippen LogP contribution in [-0.2, 0) is 16.4 Å². The molecule has 0 aliphatic carbocycles. The van der Waals surface area contributed by atoms with E-state index in [-0.39, 0.29) is 10.9 Å².